The molecule has 1 N–H and O–H groups in total. The summed E-state index contributed by atoms with van der Waals surface area (Å²) in [6.45, 7) is 9.85. The Labute approximate surface area is 94.4 Å². The van der Waals surface area contributed by atoms with Crippen molar-refractivity contribution in [1.82, 2.24) is 10.2 Å². The van der Waals surface area contributed by atoms with E-state index in [9.17, 15) is 0 Å². The van der Waals surface area contributed by atoms with Gasteiger partial charge in [0.05, 0.1) is 0 Å². The van der Waals surface area contributed by atoms with E-state index in [4.69, 9.17) is 0 Å². The first-order valence-electron chi connectivity index (χ1n) is 6.75. The molecule has 0 spiro atoms. The maximum Gasteiger partial charge on any atom is 0.00915 e. The molecule has 2 fully saturated rings. The lowest BCUT2D eigenvalue weighted by molar-refractivity contribution is 0.197. The van der Waals surface area contributed by atoms with Crippen LogP contribution in [0.5, 0.6) is 0 Å². The monoisotopic (exact) mass is 210 g/mol. The fourth-order valence-electron chi connectivity index (χ4n) is 2.68. The Morgan fingerprint density at radius 3 is 2.47 bits per heavy atom. The van der Waals surface area contributed by atoms with Crippen LogP contribution in [0.2, 0.25) is 0 Å². The Balaban J connectivity index is 1.57. The highest BCUT2D eigenvalue weighted by molar-refractivity contribution is 4.86. The average Bonchev–Trinajstić information content (AvgIpc) is 2.94. The molecule has 0 aromatic carbocycles. The molecular weight excluding hydrogens is 184 g/mol. The van der Waals surface area contributed by atoms with Crippen LogP contribution in [0, 0.1) is 11.8 Å². The Kier molecular flexibility index (Phi) is 4.04. The molecule has 1 saturated heterocycles. The minimum Gasteiger partial charge on any atom is -0.314 e. The maximum absolute atomic E-state index is 3.75. The molecule has 0 amide bonds. The Morgan fingerprint density at radius 2 is 1.93 bits per heavy atom. The molecule has 2 atom stereocenters. The molecule has 1 aliphatic carbocycles. The molecule has 0 aromatic heterocycles. The third-order valence-corrected chi connectivity index (χ3v) is 4.07. The summed E-state index contributed by atoms with van der Waals surface area (Å²) in [5, 5.41) is 3.75. The van der Waals surface area contributed by atoms with Gasteiger partial charge in [0, 0.05) is 6.04 Å². The van der Waals surface area contributed by atoms with Crippen molar-refractivity contribution in [2.24, 2.45) is 11.8 Å². The quantitative estimate of drug-likeness (QED) is 0.747. The van der Waals surface area contributed by atoms with Crippen LogP contribution < -0.4 is 5.32 Å². The Hall–Kier alpha value is -0.0800. The molecule has 88 valence electrons. The predicted octanol–water partition coefficient (Wildman–Crippen LogP) is 2.11. The molecule has 2 rings (SSSR count). The Morgan fingerprint density at radius 1 is 1.27 bits per heavy atom. The van der Waals surface area contributed by atoms with Gasteiger partial charge in [-0.3, -0.25) is 0 Å². The average molecular weight is 210 g/mol. The summed E-state index contributed by atoms with van der Waals surface area (Å²) in [6, 6.07) is 0.811. The van der Waals surface area contributed by atoms with E-state index >= 15 is 0 Å². The summed E-state index contributed by atoms with van der Waals surface area (Å²) in [5.41, 5.74) is 0. The zero-order valence-corrected chi connectivity index (χ0v) is 10.3. The fraction of sp³-hybridized carbons (Fsp3) is 1.00. The lowest BCUT2D eigenvalue weighted by Crippen LogP contribution is -2.43. The van der Waals surface area contributed by atoms with Crippen LogP contribution in [0.3, 0.4) is 0 Å². The fourth-order valence-corrected chi connectivity index (χ4v) is 2.68. The van der Waals surface area contributed by atoms with Crippen molar-refractivity contribution in [1.29, 1.82) is 0 Å². The molecular formula is C13H26N2. The zero-order valence-electron chi connectivity index (χ0n) is 10.3. The van der Waals surface area contributed by atoms with Crippen molar-refractivity contribution in [2.45, 2.75) is 45.6 Å². The van der Waals surface area contributed by atoms with Crippen molar-refractivity contribution < 1.29 is 0 Å². The minimum atomic E-state index is 0.811. The third-order valence-electron chi connectivity index (χ3n) is 4.07. The van der Waals surface area contributed by atoms with Gasteiger partial charge in [0.15, 0.2) is 0 Å². The van der Waals surface area contributed by atoms with Gasteiger partial charge >= 0.3 is 0 Å². The highest BCUT2D eigenvalue weighted by atomic mass is 15.1. The molecule has 0 radical (unpaired) electrons. The number of likely N-dealkylation sites (tertiary alicyclic amines) is 1. The first-order chi connectivity index (χ1) is 7.29. The van der Waals surface area contributed by atoms with Gasteiger partial charge in [0.2, 0.25) is 0 Å². The molecule has 0 bridgehead atoms. The number of hydrogen-bond acceptors (Lipinski definition) is 2. The second-order valence-electron chi connectivity index (χ2n) is 5.50. The van der Waals surface area contributed by atoms with Gasteiger partial charge in [-0.05, 0) is 63.7 Å². The largest absolute Gasteiger partial charge is 0.314 e. The van der Waals surface area contributed by atoms with Crippen LogP contribution in [0.25, 0.3) is 0 Å². The SMILES string of the molecule is CCCN1CCC(NCC2CC2C)CC1. The van der Waals surface area contributed by atoms with Gasteiger partial charge in [-0.15, -0.1) is 0 Å². The van der Waals surface area contributed by atoms with Crippen LogP contribution in [-0.2, 0) is 0 Å². The van der Waals surface area contributed by atoms with Gasteiger partial charge in [-0.1, -0.05) is 13.8 Å². The topological polar surface area (TPSA) is 15.3 Å². The zero-order chi connectivity index (χ0) is 10.7. The summed E-state index contributed by atoms with van der Waals surface area (Å²) in [4.78, 5) is 2.61. The number of nitrogens with one attached hydrogen (secondary N) is 1. The van der Waals surface area contributed by atoms with Crippen LogP contribution >= 0.6 is 0 Å². The molecule has 2 nitrogen and oxygen atoms in total. The molecule has 0 aromatic rings. The Bertz CT molecular complexity index is 185. The van der Waals surface area contributed by atoms with E-state index in [-0.39, 0.29) is 0 Å². The van der Waals surface area contributed by atoms with E-state index in [0.29, 0.717) is 0 Å². The maximum atomic E-state index is 3.75. The lowest BCUT2D eigenvalue weighted by atomic mass is 10.0. The van der Waals surface area contributed by atoms with Crippen molar-refractivity contribution in [3.8, 4) is 0 Å². The van der Waals surface area contributed by atoms with E-state index in [1.165, 1.54) is 51.9 Å². The number of hydrogen-bond donors (Lipinski definition) is 1. The van der Waals surface area contributed by atoms with E-state index in [2.05, 4.69) is 24.1 Å². The lowest BCUT2D eigenvalue weighted by Gasteiger charge is -2.32. The normalized spacial score (nSPS) is 33.2. The summed E-state index contributed by atoms with van der Waals surface area (Å²) in [5.74, 6) is 2.00. The van der Waals surface area contributed by atoms with E-state index in [1.54, 1.807) is 0 Å². The van der Waals surface area contributed by atoms with E-state index < -0.39 is 0 Å². The molecule has 1 heterocycles. The summed E-state index contributed by atoms with van der Waals surface area (Å²) < 4.78 is 0. The second-order valence-corrected chi connectivity index (χ2v) is 5.50. The van der Waals surface area contributed by atoms with Gasteiger partial charge in [0.1, 0.15) is 0 Å². The standard InChI is InChI=1S/C13H26N2/c1-3-6-15-7-4-13(5-8-15)14-10-12-9-11(12)2/h11-14H,3-10H2,1-2H3. The van der Waals surface area contributed by atoms with Crippen molar-refractivity contribution in [3.05, 3.63) is 0 Å². The van der Waals surface area contributed by atoms with Gasteiger partial charge in [0.25, 0.3) is 0 Å². The first kappa shape index (κ1) is 11.4. The first-order valence-corrected chi connectivity index (χ1v) is 6.75. The van der Waals surface area contributed by atoms with Crippen molar-refractivity contribution >= 4 is 0 Å². The molecule has 15 heavy (non-hydrogen) atoms. The summed E-state index contributed by atoms with van der Waals surface area (Å²) >= 11 is 0. The molecule has 1 aliphatic heterocycles. The number of rotatable bonds is 5. The highest BCUT2D eigenvalue weighted by Gasteiger charge is 2.32. The molecule has 2 heteroatoms. The van der Waals surface area contributed by atoms with Crippen LogP contribution in [0.15, 0.2) is 0 Å². The van der Waals surface area contributed by atoms with E-state index in [1.807, 2.05) is 0 Å². The summed E-state index contributed by atoms with van der Waals surface area (Å²) in [6.07, 6.45) is 5.49. The predicted molar refractivity (Wildman–Crippen MR) is 65.0 cm³/mol. The minimum absolute atomic E-state index is 0.811. The molecule has 1 saturated carbocycles. The van der Waals surface area contributed by atoms with E-state index in [0.717, 1.165) is 17.9 Å². The van der Waals surface area contributed by atoms with Gasteiger partial charge in [-0.25, -0.2) is 0 Å². The second kappa shape index (κ2) is 5.31. The van der Waals surface area contributed by atoms with Crippen molar-refractivity contribution in [3.63, 3.8) is 0 Å². The highest BCUT2D eigenvalue weighted by Crippen LogP contribution is 2.36. The number of nitrogens with zero attached hydrogens (tertiary/aromatic N) is 1. The smallest absolute Gasteiger partial charge is 0.00915 e. The van der Waals surface area contributed by atoms with Gasteiger partial charge < -0.3 is 10.2 Å². The molecule has 2 aliphatic rings. The van der Waals surface area contributed by atoms with Crippen molar-refractivity contribution in [2.75, 3.05) is 26.2 Å². The van der Waals surface area contributed by atoms with Crippen LogP contribution in [0.1, 0.15) is 39.5 Å². The van der Waals surface area contributed by atoms with Gasteiger partial charge in [-0.2, -0.15) is 0 Å². The van der Waals surface area contributed by atoms with Crippen LogP contribution in [-0.4, -0.2) is 37.1 Å². The number of piperidine rings is 1. The third kappa shape index (κ3) is 3.46. The van der Waals surface area contributed by atoms with Crippen LogP contribution in [0.4, 0.5) is 0 Å². The molecule has 2 unspecified atom stereocenters. The summed E-state index contributed by atoms with van der Waals surface area (Å²) in [7, 11) is 0.